The van der Waals surface area contributed by atoms with E-state index in [2.05, 4.69) is 10.2 Å². The Balaban J connectivity index is 1.64. The van der Waals surface area contributed by atoms with E-state index >= 15 is 0 Å². The van der Waals surface area contributed by atoms with Crippen LogP contribution in [0.1, 0.15) is 27.7 Å². The minimum Gasteiger partial charge on any atom is -0.425 e. The van der Waals surface area contributed by atoms with Crippen molar-refractivity contribution in [1.29, 1.82) is 0 Å². The van der Waals surface area contributed by atoms with Crippen LogP contribution >= 0.6 is 0 Å². The smallest absolute Gasteiger partial charge is 0.256 e. The number of halogens is 1. The molecular weight excluding hydrogens is 313 g/mol. The maximum atomic E-state index is 14.2. The number of fused-ring (bicyclic) bond motifs is 1. The molecule has 2 aliphatic heterocycles. The number of nitrogens with zero attached hydrogens (tertiary/aromatic N) is 3. The Morgan fingerprint density at radius 3 is 2.92 bits per heavy atom. The van der Waals surface area contributed by atoms with Gasteiger partial charge in [-0.05, 0) is 24.6 Å². The molecule has 0 N–H and O–H groups in total. The van der Waals surface area contributed by atoms with Crippen LogP contribution in [0.4, 0.5) is 4.39 Å². The maximum Gasteiger partial charge on any atom is 0.256 e. The average molecular weight is 331 g/mol. The van der Waals surface area contributed by atoms with Gasteiger partial charge in [0.15, 0.2) is 0 Å². The second kappa shape index (κ2) is 5.37. The number of amides is 1. The van der Waals surface area contributed by atoms with Crippen molar-refractivity contribution in [2.75, 3.05) is 26.3 Å². The normalized spacial score (nSPS) is 26.0. The molecular formula is C17H18FN3O3. The van der Waals surface area contributed by atoms with Crippen LogP contribution in [-0.4, -0.2) is 47.3 Å². The summed E-state index contributed by atoms with van der Waals surface area (Å²) < 4.78 is 25.4. The van der Waals surface area contributed by atoms with Crippen LogP contribution in [0.3, 0.4) is 0 Å². The van der Waals surface area contributed by atoms with Gasteiger partial charge in [0, 0.05) is 25.9 Å². The molecule has 0 spiro atoms. The van der Waals surface area contributed by atoms with Crippen LogP contribution < -0.4 is 0 Å². The van der Waals surface area contributed by atoms with Gasteiger partial charge >= 0.3 is 0 Å². The molecule has 24 heavy (non-hydrogen) atoms. The van der Waals surface area contributed by atoms with Crippen LogP contribution in [0, 0.1) is 25.6 Å². The zero-order valence-electron chi connectivity index (χ0n) is 13.6. The molecule has 2 atom stereocenters. The number of carbonyl (C=O) groups excluding carboxylic acids is 1. The Morgan fingerprint density at radius 1 is 1.38 bits per heavy atom. The van der Waals surface area contributed by atoms with E-state index in [-0.39, 0.29) is 17.4 Å². The van der Waals surface area contributed by atoms with E-state index in [0.29, 0.717) is 38.1 Å². The highest BCUT2D eigenvalue weighted by Crippen LogP contribution is 2.43. The third-order valence-electron chi connectivity index (χ3n) is 4.97. The molecule has 6 nitrogen and oxygen atoms in total. The third kappa shape index (κ3) is 2.23. The first-order valence-electron chi connectivity index (χ1n) is 7.93. The molecule has 3 heterocycles. The zero-order chi connectivity index (χ0) is 16.9. The second-order valence-electron chi connectivity index (χ2n) is 6.66. The van der Waals surface area contributed by atoms with E-state index in [0.717, 1.165) is 5.56 Å². The molecule has 7 heteroatoms. The molecule has 2 aliphatic rings. The molecule has 0 aliphatic carbocycles. The lowest BCUT2D eigenvalue weighted by Gasteiger charge is -2.23. The van der Waals surface area contributed by atoms with Crippen LogP contribution in [0.2, 0.25) is 0 Å². The monoisotopic (exact) mass is 331 g/mol. The fraction of sp³-hybridized carbons (Fsp3) is 0.471. The topological polar surface area (TPSA) is 68.5 Å². The predicted octanol–water partition coefficient (Wildman–Crippen LogP) is 1.87. The number of ether oxygens (including phenoxy) is 1. The molecule has 4 rings (SSSR count). The predicted molar refractivity (Wildman–Crippen MR) is 82.1 cm³/mol. The Morgan fingerprint density at radius 2 is 2.21 bits per heavy atom. The lowest BCUT2D eigenvalue weighted by atomic mass is 9.81. The van der Waals surface area contributed by atoms with Crippen molar-refractivity contribution in [3.05, 3.63) is 46.9 Å². The number of hydrogen-bond donors (Lipinski definition) is 0. The SMILES string of the molecule is Cc1ccc(C(=O)N2C[C@H]3COC[C@@]3(c3nnc(C)o3)C2)c(F)c1. The number of benzene rings is 1. The molecule has 2 saturated heterocycles. The van der Waals surface area contributed by atoms with Crippen molar-refractivity contribution in [1.82, 2.24) is 15.1 Å². The van der Waals surface area contributed by atoms with Crippen molar-refractivity contribution in [2.45, 2.75) is 19.3 Å². The van der Waals surface area contributed by atoms with Crippen LogP contribution in [-0.2, 0) is 10.2 Å². The molecule has 1 aromatic carbocycles. The number of aromatic nitrogens is 2. The summed E-state index contributed by atoms with van der Waals surface area (Å²) >= 11 is 0. The summed E-state index contributed by atoms with van der Waals surface area (Å²) in [5.41, 5.74) is 0.393. The first-order valence-corrected chi connectivity index (χ1v) is 7.93. The van der Waals surface area contributed by atoms with E-state index < -0.39 is 11.2 Å². The summed E-state index contributed by atoms with van der Waals surface area (Å²) in [5, 5.41) is 8.05. The molecule has 126 valence electrons. The van der Waals surface area contributed by atoms with Crippen molar-refractivity contribution < 1.29 is 18.3 Å². The van der Waals surface area contributed by atoms with Gasteiger partial charge in [0.05, 0.1) is 24.2 Å². The van der Waals surface area contributed by atoms with Crippen molar-refractivity contribution >= 4 is 5.91 Å². The maximum absolute atomic E-state index is 14.2. The van der Waals surface area contributed by atoms with E-state index in [1.165, 1.54) is 6.07 Å². The lowest BCUT2D eigenvalue weighted by Crippen LogP contribution is -2.37. The molecule has 0 bridgehead atoms. The molecule has 1 aromatic heterocycles. The minimum absolute atomic E-state index is 0.0785. The zero-order valence-corrected chi connectivity index (χ0v) is 13.6. The van der Waals surface area contributed by atoms with Crippen LogP contribution in [0.25, 0.3) is 0 Å². The molecule has 0 saturated carbocycles. The summed E-state index contributed by atoms with van der Waals surface area (Å²) in [6.45, 7) is 5.37. The Hall–Kier alpha value is -2.28. The first-order chi connectivity index (χ1) is 11.5. The van der Waals surface area contributed by atoms with Crippen LogP contribution in [0.5, 0.6) is 0 Å². The van der Waals surface area contributed by atoms with Crippen LogP contribution in [0.15, 0.2) is 22.6 Å². The van der Waals surface area contributed by atoms with Crippen molar-refractivity contribution in [3.63, 3.8) is 0 Å². The van der Waals surface area contributed by atoms with E-state index in [1.807, 2.05) is 0 Å². The largest absolute Gasteiger partial charge is 0.425 e. The lowest BCUT2D eigenvalue weighted by molar-refractivity contribution is 0.0733. The fourth-order valence-corrected chi connectivity index (χ4v) is 3.65. The van der Waals surface area contributed by atoms with Gasteiger partial charge in [0.2, 0.25) is 11.8 Å². The third-order valence-corrected chi connectivity index (χ3v) is 4.97. The summed E-state index contributed by atoms with van der Waals surface area (Å²) in [5.74, 6) is 0.268. The van der Waals surface area contributed by atoms with E-state index in [4.69, 9.17) is 9.15 Å². The number of likely N-dealkylation sites (tertiary alicyclic amines) is 1. The molecule has 0 unspecified atom stereocenters. The van der Waals surface area contributed by atoms with Gasteiger partial charge in [-0.3, -0.25) is 4.79 Å². The van der Waals surface area contributed by atoms with Gasteiger partial charge in [0.1, 0.15) is 5.82 Å². The summed E-state index contributed by atoms with van der Waals surface area (Å²) in [7, 11) is 0. The Labute approximate surface area is 138 Å². The fourth-order valence-electron chi connectivity index (χ4n) is 3.65. The Bertz CT molecular complexity index is 806. The number of carbonyl (C=O) groups is 1. The summed E-state index contributed by atoms with van der Waals surface area (Å²) in [4.78, 5) is 14.4. The summed E-state index contributed by atoms with van der Waals surface area (Å²) in [6.07, 6.45) is 0. The number of rotatable bonds is 2. The second-order valence-corrected chi connectivity index (χ2v) is 6.66. The van der Waals surface area contributed by atoms with Gasteiger partial charge in [-0.2, -0.15) is 0 Å². The van der Waals surface area contributed by atoms with Gasteiger partial charge in [-0.1, -0.05) is 6.07 Å². The minimum atomic E-state index is -0.490. The number of hydrogen-bond acceptors (Lipinski definition) is 5. The molecule has 1 amide bonds. The highest BCUT2D eigenvalue weighted by Gasteiger charge is 2.56. The van der Waals surface area contributed by atoms with E-state index in [1.54, 1.807) is 30.9 Å². The van der Waals surface area contributed by atoms with Gasteiger partial charge < -0.3 is 14.1 Å². The summed E-state index contributed by atoms with van der Waals surface area (Å²) in [6, 6.07) is 4.67. The number of aryl methyl sites for hydroxylation is 2. The molecule has 2 fully saturated rings. The standard InChI is InChI=1S/C17H18FN3O3/c1-10-3-4-13(14(18)5-10)15(22)21-6-12-7-23-9-17(12,8-21)16-20-19-11(2)24-16/h3-5,12H,6-9H2,1-2H3/t12-,17-/m0/s1. The van der Waals surface area contributed by atoms with Gasteiger partial charge in [-0.15, -0.1) is 10.2 Å². The van der Waals surface area contributed by atoms with Crippen molar-refractivity contribution in [3.8, 4) is 0 Å². The average Bonchev–Trinajstić information content (AvgIpc) is 3.19. The quantitative estimate of drug-likeness (QED) is 0.840. The van der Waals surface area contributed by atoms with E-state index in [9.17, 15) is 9.18 Å². The van der Waals surface area contributed by atoms with Gasteiger partial charge in [-0.25, -0.2) is 4.39 Å². The highest BCUT2D eigenvalue weighted by atomic mass is 19.1. The van der Waals surface area contributed by atoms with Gasteiger partial charge in [0.25, 0.3) is 5.91 Å². The van der Waals surface area contributed by atoms with Crippen molar-refractivity contribution in [2.24, 2.45) is 5.92 Å². The Kier molecular flexibility index (Phi) is 3.42. The highest BCUT2D eigenvalue weighted by molar-refractivity contribution is 5.95. The molecule has 0 radical (unpaired) electrons. The first kappa shape index (κ1) is 15.3. The molecule has 2 aromatic rings.